The fraction of sp³-hybridized carbons (Fsp3) is 0.150. The molecule has 0 unspecified atom stereocenters. The normalized spacial score (nSPS) is 15.6. The van der Waals surface area contributed by atoms with Crippen molar-refractivity contribution < 1.29 is 9.47 Å². The van der Waals surface area contributed by atoms with Crippen LogP contribution in [-0.2, 0) is 6.54 Å². The molecule has 128 valence electrons. The van der Waals surface area contributed by atoms with E-state index in [9.17, 15) is 0 Å². The van der Waals surface area contributed by atoms with E-state index >= 15 is 0 Å². The number of ether oxygens (including phenoxy) is 2. The van der Waals surface area contributed by atoms with Crippen molar-refractivity contribution >= 4 is 11.0 Å². The molecule has 6 heteroatoms. The molecule has 1 atom stereocenters. The Morgan fingerprint density at radius 3 is 2.92 bits per heavy atom. The van der Waals surface area contributed by atoms with Crippen LogP contribution in [0.25, 0.3) is 22.3 Å². The van der Waals surface area contributed by atoms with Crippen molar-refractivity contribution in [2.45, 2.75) is 12.6 Å². The monoisotopic (exact) mass is 344 g/mol. The Bertz CT molecular complexity index is 1060. The molecule has 1 aliphatic rings. The third-order valence-electron chi connectivity index (χ3n) is 4.41. The highest BCUT2D eigenvalue weighted by Crippen LogP contribution is 2.30. The second-order valence-corrected chi connectivity index (χ2v) is 6.14. The lowest BCUT2D eigenvalue weighted by molar-refractivity contribution is 0.144. The maximum atomic E-state index is 6.03. The Labute approximate surface area is 150 Å². The smallest absolute Gasteiger partial charge is 0.297 e. The van der Waals surface area contributed by atoms with Gasteiger partial charge < -0.3 is 9.47 Å². The Morgan fingerprint density at radius 2 is 2.00 bits per heavy atom. The van der Waals surface area contributed by atoms with E-state index in [0.717, 1.165) is 34.6 Å². The molecule has 6 nitrogen and oxygen atoms in total. The van der Waals surface area contributed by atoms with Crippen molar-refractivity contribution in [3.8, 4) is 23.0 Å². The van der Waals surface area contributed by atoms with Gasteiger partial charge in [0.25, 0.3) is 6.01 Å². The number of hydrogen-bond donors (Lipinski definition) is 0. The van der Waals surface area contributed by atoms with Gasteiger partial charge in [0.05, 0.1) is 17.6 Å². The lowest BCUT2D eigenvalue weighted by Crippen LogP contribution is -2.23. The molecule has 0 fully saturated rings. The number of fused-ring (bicyclic) bond motifs is 3. The van der Waals surface area contributed by atoms with E-state index in [1.807, 2.05) is 42.5 Å². The summed E-state index contributed by atoms with van der Waals surface area (Å²) in [7, 11) is 0. The number of pyridine rings is 2. The third-order valence-corrected chi connectivity index (χ3v) is 4.41. The van der Waals surface area contributed by atoms with Crippen molar-refractivity contribution in [1.29, 1.82) is 0 Å². The summed E-state index contributed by atoms with van der Waals surface area (Å²) in [5, 5.41) is 0. The molecule has 5 rings (SSSR count). The first-order valence-electron chi connectivity index (χ1n) is 8.48. The van der Waals surface area contributed by atoms with E-state index < -0.39 is 0 Å². The van der Waals surface area contributed by atoms with E-state index in [1.165, 1.54) is 0 Å². The molecule has 0 aliphatic carbocycles. The largest absolute Gasteiger partial charge is 0.487 e. The third kappa shape index (κ3) is 2.56. The molecule has 1 aliphatic heterocycles. The number of imidazole rings is 1. The number of benzene rings is 1. The average Bonchev–Trinajstić information content (AvgIpc) is 3.25. The first-order valence-corrected chi connectivity index (χ1v) is 8.48. The summed E-state index contributed by atoms with van der Waals surface area (Å²) in [4.78, 5) is 13.1. The van der Waals surface area contributed by atoms with Crippen molar-refractivity contribution in [2.75, 3.05) is 6.61 Å². The first kappa shape index (κ1) is 14.9. The summed E-state index contributed by atoms with van der Waals surface area (Å²) in [6, 6.07) is 16.3. The lowest BCUT2D eigenvalue weighted by Gasteiger charge is -2.14. The van der Waals surface area contributed by atoms with Gasteiger partial charge in [-0.1, -0.05) is 12.1 Å². The van der Waals surface area contributed by atoms with E-state index in [2.05, 4.69) is 25.6 Å². The molecule has 0 saturated carbocycles. The van der Waals surface area contributed by atoms with Gasteiger partial charge in [-0.3, -0.25) is 14.5 Å². The standard InChI is InChI=1S/C20H16N4O2/c1-2-7-17-16(6-1)23-20-24(17)12-15(26-20)13-25-18-8-4-10-22-19(18)14-5-3-9-21-11-14/h1-11,15H,12-13H2/t15-/m0/s1. The fourth-order valence-corrected chi connectivity index (χ4v) is 3.21. The minimum Gasteiger partial charge on any atom is -0.487 e. The van der Waals surface area contributed by atoms with Crippen LogP contribution in [0.3, 0.4) is 0 Å². The highest BCUT2D eigenvalue weighted by molar-refractivity contribution is 5.76. The zero-order valence-electron chi connectivity index (χ0n) is 13.9. The van der Waals surface area contributed by atoms with Crippen LogP contribution in [0.5, 0.6) is 11.8 Å². The van der Waals surface area contributed by atoms with Crippen LogP contribution in [0, 0.1) is 0 Å². The van der Waals surface area contributed by atoms with Crippen LogP contribution in [0.15, 0.2) is 67.1 Å². The molecule has 0 saturated heterocycles. The van der Waals surface area contributed by atoms with Gasteiger partial charge in [-0.25, -0.2) is 0 Å². The molecule has 0 radical (unpaired) electrons. The second-order valence-electron chi connectivity index (χ2n) is 6.14. The summed E-state index contributed by atoms with van der Waals surface area (Å²) in [6.07, 6.45) is 5.20. The molecule has 0 N–H and O–H groups in total. The molecule has 4 heterocycles. The summed E-state index contributed by atoms with van der Waals surface area (Å²) < 4.78 is 14.1. The highest BCUT2D eigenvalue weighted by atomic mass is 16.6. The van der Waals surface area contributed by atoms with Crippen molar-refractivity contribution in [2.24, 2.45) is 0 Å². The Hall–Kier alpha value is -3.41. The maximum absolute atomic E-state index is 6.03. The molecule has 4 aromatic rings. The van der Waals surface area contributed by atoms with E-state index in [-0.39, 0.29) is 6.10 Å². The number of para-hydroxylation sites is 2. The van der Waals surface area contributed by atoms with Gasteiger partial charge in [0, 0.05) is 24.2 Å². The number of rotatable bonds is 4. The second kappa shape index (κ2) is 6.15. The van der Waals surface area contributed by atoms with Crippen LogP contribution in [0.4, 0.5) is 0 Å². The van der Waals surface area contributed by atoms with Gasteiger partial charge >= 0.3 is 0 Å². The molecule has 1 aromatic carbocycles. The molecular weight excluding hydrogens is 328 g/mol. The molecule has 0 spiro atoms. The molecule has 26 heavy (non-hydrogen) atoms. The minimum absolute atomic E-state index is 0.0796. The van der Waals surface area contributed by atoms with Crippen LogP contribution < -0.4 is 9.47 Å². The fourth-order valence-electron chi connectivity index (χ4n) is 3.21. The van der Waals surface area contributed by atoms with Gasteiger partial charge in [0.15, 0.2) is 6.10 Å². The SMILES string of the molecule is c1cncc(-c2ncccc2OC[C@@H]2Cn3c(nc4ccccc43)O2)c1. The van der Waals surface area contributed by atoms with Gasteiger partial charge in [-0.05, 0) is 36.4 Å². The van der Waals surface area contributed by atoms with Gasteiger partial charge in [0.1, 0.15) is 18.1 Å². The van der Waals surface area contributed by atoms with Crippen LogP contribution in [0.2, 0.25) is 0 Å². The Balaban J connectivity index is 1.33. The summed E-state index contributed by atoms with van der Waals surface area (Å²) in [5.41, 5.74) is 3.74. The van der Waals surface area contributed by atoms with E-state index in [0.29, 0.717) is 12.6 Å². The quantitative estimate of drug-likeness (QED) is 0.568. The number of aromatic nitrogens is 4. The zero-order valence-corrected chi connectivity index (χ0v) is 13.9. The summed E-state index contributed by atoms with van der Waals surface area (Å²) in [6.45, 7) is 1.15. The molecular formula is C20H16N4O2. The van der Waals surface area contributed by atoms with Crippen molar-refractivity contribution in [3.63, 3.8) is 0 Å². The van der Waals surface area contributed by atoms with Gasteiger partial charge in [0.2, 0.25) is 0 Å². The lowest BCUT2D eigenvalue weighted by atomic mass is 10.2. The topological polar surface area (TPSA) is 62.1 Å². The van der Waals surface area contributed by atoms with E-state index in [4.69, 9.17) is 9.47 Å². The van der Waals surface area contributed by atoms with Crippen LogP contribution in [-0.4, -0.2) is 32.2 Å². The molecule has 0 bridgehead atoms. The number of nitrogens with zero attached hydrogens (tertiary/aromatic N) is 4. The molecule has 0 amide bonds. The number of hydrogen-bond acceptors (Lipinski definition) is 5. The highest BCUT2D eigenvalue weighted by Gasteiger charge is 2.27. The predicted molar refractivity (Wildman–Crippen MR) is 97.1 cm³/mol. The molecule has 3 aromatic heterocycles. The van der Waals surface area contributed by atoms with Crippen LogP contribution in [0.1, 0.15) is 0 Å². The van der Waals surface area contributed by atoms with Crippen molar-refractivity contribution in [3.05, 3.63) is 67.1 Å². The van der Waals surface area contributed by atoms with Crippen molar-refractivity contribution in [1.82, 2.24) is 19.5 Å². The predicted octanol–water partition coefficient (Wildman–Crippen LogP) is 3.33. The summed E-state index contributed by atoms with van der Waals surface area (Å²) in [5.74, 6) is 0.721. The Kier molecular flexibility index (Phi) is 3.52. The van der Waals surface area contributed by atoms with Gasteiger partial charge in [-0.2, -0.15) is 4.98 Å². The maximum Gasteiger partial charge on any atom is 0.297 e. The summed E-state index contributed by atoms with van der Waals surface area (Å²) >= 11 is 0. The Morgan fingerprint density at radius 1 is 1.08 bits per heavy atom. The van der Waals surface area contributed by atoms with Gasteiger partial charge in [-0.15, -0.1) is 0 Å². The van der Waals surface area contributed by atoms with Crippen LogP contribution >= 0.6 is 0 Å². The first-order chi connectivity index (χ1) is 12.9. The van der Waals surface area contributed by atoms with E-state index in [1.54, 1.807) is 18.6 Å². The minimum atomic E-state index is -0.0796. The zero-order chi connectivity index (χ0) is 17.3. The average molecular weight is 344 g/mol.